The molecule has 0 N–H and O–H groups in total. The second kappa shape index (κ2) is 11.3. The van der Waals surface area contributed by atoms with Crippen LogP contribution in [0.15, 0.2) is 48.5 Å². The number of fused-ring (bicyclic) bond motifs is 1. The third-order valence-electron chi connectivity index (χ3n) is 6.87. The lowest BCUT2D eigenvalue weighted by Crippen LogP contribution is -2.32. The molecular formula is C31H28F7NO4. The van der Waals surface area contributed by atoms with Gasteiger partial charge in [-0.2, -0.15) is 26.3 Å². The number of carbonyl (C=O) groups is 2. The molecule has 0 saturated carbocycles. The molecule has 5 nitrogen and oxygen atoms in total. The van der Waals surface area contributed by atoms with Gasteiger partial charge in [-0.15, -0.1) is 0 Å². The summed E-state index contributed by atoms with van der Waals surface area (Å²) in [6, 6.07) is 9.60. The predicted molar refractivity (Wildman–Crippen MR) is 142 cm³/mol. The topological polar surface area (TPSA) is 55.8 Å². The van der Waals surface area contributed by atoms with Crippen molar-refractivity contribution < 1.29 is 49.8 Å². The highest BCUT2D eigenvalue weighted by Crippen LogP contribution is 2.53. The van der Waals surface area contributed by atoms with E-state index in [0.29, 0.717) is 5.56 Å². The summed E-state index contributed by atoms with van der Waals surface area (Å²) < 4.78 is 115. The zero-order valence-corrected chi connectivity index (χ0v) is 23.8. The summed E-state index contributed by atoms with van der Waals surface area (Å²) in [5, 5.41) is 0. The van der Waals surface area contributed by atoms with Gasteiger partial charge in [0.2, 0.25) is 0 Å². The lowest BCUT2D eigenvalue weighted by molar-refractivity contribution is -0.166. The Morgan fingerprint density at radius 3 is 1.91 bits per heavy atom. The van der Waals surface area contributed by atoms with Gasteiger partial charge < -0.3 is 14.4 Å². The summed E-state index contributed by atoms with van der Waals surface area (Å²) in [6.45, 7) is 4.21. The summed E-state index contributed by atoms with van der Waals surface area (Å²) in [7, 11) is 0.887. The Labute approximate surface area is 243 Å². The molecule has 0 unspecified atom stereocenters. The Kier molecular flexibility index (Phi) is 8.40. The number of methoxy groups -OCH3 is 1. The molecule has 12 heteroatoms. The second-order valence-corrected chi connectivity index (χ2v) is 11.2. The van der Waals surface area contributed by atoms with Gasteiger partial charge in [-0.3, -0.25) is 4.79 Å². The van der Waals surface area contributed by atoms with Gasteiger partial charge in [0.1, 0.15) is 5.82 Å². The highest BCUT2D eigenvalue weighted by atomic mass is 19.4. The summed E-state index contributed by atoms with van der Waals surface area (Å²) in [5.41, 5.74) is -7.72. The molecule has 3 aromatic rings. The molecular weight excluding hydrogens is 583 g/mol. The van der Waals surface area contributed by atoms with Crippen molar-refractivity contribution in [2.45, 2.75) is 64.8 Å². The van der Waals surface area contributed by atoms with Crippen LogP contribution in [0.5, 0.6) is 0 Å². The quantitative estimate of drug-likeness (QED) is 0.217. The molecule has 4 rings (SSSR count). The first kappa shape index (κ1) is 32.0. The first-order valence-electron chi connectivity index (χ1n) is 13.1. The third-order valence-corrected chi connectivity index (χ3v) is 6.87. The van der Waals surface area contributed by atoms with Crippen LogP contribution in [0.25, 0.3) is 11.1 Å². The lowest BCUT2D eigenvalue weighted by atomic mass is 9.81. The minimum atomic E-state index is -5.30. The molecule has 0 aliphatic carbocycles. The highest BCUT2D eigenvalue weighted by molar-refractivity contribution is 5.95. The van der Waals surface area contributed by atoms with Crippen molar-refractivity contribution in [3.05, 3.63) is 93.3 Å². The van der Waals surface area contributed by atoms with Crippen molar-refractivity contribution in [3.63, 3.8) is 0 Å². The number of amides is 1. The number of alkyl halides is 6. The molecule has 3 aromatic carbocycles. The molecule has 1 amide bonds. The van der Waals surface area contributed by atoms with Gasteiger partial charge in [-0.05, 0) is 62.6 Å². The first-order valence-corrected chi connectivity index (χ1v) is 13.1. The zero-order chi connectivity index (χ0) is 32.1. The Bertz CT molecular complexity index is 1550. The standard InChI is InChI=1S/C31H28F7NO4/c1-16-9-11-17(12-10-16)22-23(26(28(41)42-5)43-29(2,3)4)25(31(36,37)38)21-15-39(14-20(21)24(22)30(33,34)35)27(40)18-7-6-8-19(32)13-18/h6-13,26H,14-15H2,1-5H3/t26-/m0/s1. The number of carbonyl (C=O) groups excluding carboxylic acids is 2. The molecule has 0 fully saturated rings. The molecule has 1 atom stereocenters. The van der Waals surface area contributed by atoms with E-state index in [1.807, 2.05) is 0 Å². The van der Waals surface area contributed by atoms with E-state index in [-0.39, 0.29) is 11.1 Å². The molecule has 1 heterocycles. The van der Waals surface area contributed by atoms with E-state index in [0.717, 1.165) is 24.1 Å². The van der Waals surface area contributed by atoms with Crippen molar-refractivity contribution in [2.75, 3.05) is 7.11 Å². The molecule has 0 saturated heterocycles. The van der Waals surface area contributed by atoms with E-state index in [1.54, 1.807) is 6.92 Å². The molecule has 0 bridgehead atoms. The largest absolute Gasteiger partial charge is 0.467 e. The summed E-state index contributed by atoms with van der Waals surface area (Å²) >= 11 is 0. The van der Waals surface area contributed by atoms with E-state index in [2.05, 4.69) is 0 Å². The number of aryl methyl sites for hydroxylation is 1. The van der Waals surface area contributed by atoms with Crippen LogP contribution in [0.4, 0.5) is 30.7 Å². The van der Waals surface area contributed by atoms with E-state index < -0.39 is 88.2 Å². The minimum Gasteiger partial charge on any atom is -0.467 e. The van der Waals surface area contributed by atoms with Crippen LogP contribution in [0.2, 0.25) is 0 Å². The predicted octanol–water partition coefficient (Wildman–Crippen LogP) is 8.02. The summed E-state index contributed by atoms with van der Waals surface area (Å²) in [6.07, 6.45) is -12.8. The average Bonchev–Trinajstić information content (AvgIpc) is 3.32. The van der Waals surface area contributed by atoms with Crippen LogP contribution in [0, 0.1) is 12.7 Å². The smallest absolute Gasteiger partial charge is 0.417 e. The summed E-state index contributed by atoms with van der Waals surface area (Å²) in [5.74, 6) is -3.11. The van der Waals surface area contributed by atoms with E-state index >= 15 is 26.3 Å². The maximum atomic E-state index is 15.1. The first-order chi connectivity index (χ1) is 19.8. The minimum absolute atomic E-state index is 0.248. The number of hydrogen-bond donors (Lipinski definition) is 0. The van der Waals surface area contributed by atoms with Crippen LogP contribution >= 0.6 is 0 Å². The number of ether oxygens (including phenoxy) is 2. The van der Waals surface area contributed by atoms with Crippen LogP contribution in [0.1, 0.15) is 70.6 Å². The van der Waals surface area contributed by atoms with Gasteiger partial charge in [0.25, 0.3) is 5.91 Å². The Morgan fingerprint density at radius 2 is 1.42 bits per heavy atom. The van der Waals surface area contributed by atoms with E-state index in [1.165, 1.54) is 57.2 Å². The maximum absolute atomic E-state index is 15.1. The number of nitrogens with zero attached hydrogens (tertiary/aromatic N) is 1. The van der Waals surface area contributed by atoms with Crippen molar-refractivity contribution in [1.29, 1.82) is 0 Å². The van der Waals surface area contributed by atoms with Crippen LogP contribution in [-0.4, -0.2) is 29.5 Å². The van der Waals surface area contributed by atoms with Crippen LogP contribution < -0.4 is 0 Å². The van der Waals surface area contributed by atoms with Crippen molar-refractivity contribution in [3.8, 4) is 11.1 Å². The van der Waals surface area contributed by atoms with Gasteiger partial charge in [0.05, 0.1) is 23.8 Å². The Hall–Kier alpha value is -3.93. The zero-order valence-electron chi connectivity index (χ0n) is 23.8. The Morgan fingerprint density at radius 1 is 0.860 bits per heavy atom. The third kappa shape index (κ3) is 6.53. The van der Waals surface area contributed by atoms with Gasteiger partial charge in [0.15, 0.2) is 6.10 Å². The number of halogens is 7. The molecule has 1 aliphatic heterocycles. The van der Waals surface area contributed by atoms with Crippen molar-refractivity contribution in [1.82, 2.24) is 4.90 Å². The fourth-order valence-electron chi connectivity index (χ4n) is 5.21. The Balaban J connectivity index is 2.15. The monoisotopic (exact) mass is 611 g/mol. The average molecular weight is 612 g/mol. The molecule has 0 spiro atoms. The normalized spacial score (nSPS) is 14.5. The lowest BCUT2D eigenvalue weighted by Gasteiger charge is -2.32. The summed E-state index contributed by atoms with van der Waals surface area (Å²) in [4.78, 5) is 27.1. The highest BCUT2D eigenvalue weighted by Gasteiger charge is 2.51. The van der Waals surface area contributed by atoms with Crippen LogP contribution in [0.3, 0.4) is 0 Å². The van der Waals surface area contributed by atoms with Gasteiger partial charge in [-0.25, -0.2) is 9.18 Å². The fourth-order valence-corrected chi connectivity index (χ4v) is 5.21. The second-order valence-electron chi connectivity index (χ2n) is 11.2. The molecule has 43 heavy (non-hydrogen) atoms. The van der Waals surface area contributed by atoms with Crippen molar-refractivity contribution in [2.24, 2.45) is 0 Å². The number of benzene rings is 3. The van der Waals surface area contributed by atoms with Crippen LogP contribution in [-0.2, 0) is 39.7 Å². The van der Waals surface area contributed by atoms with Crippen molar-refractivity contribution >= 4 is 11.9 Å². The van der Waals surface area contributed by atoms with E-state index in [9.17, 15) is 14.0 Å². The number of rotatable bonds is 5. The van der Waals surface area contributed by atoms with Gasteiger partial charge in [-0.1, -0.05) is 35.9 Å². The maximum Gasteiger partial charge on any atom is 0.417 e. The van der Waals surface area contributed by atoms with E-state index in [4.69, 9.17) is 9.47 Å². The molecule has 230 valence electrons. The van der Waals surface area contributed by atoms with Gasteiger partial charge >= 0.3 is 18.3 Å². The molecule has 0 radical (unpaired) electrons. The van der Waals surface area contributed by atoms with Gasteiger partial charge in [0, 0.05) is 29.8 Å². The number of hydrogen-bond acceptors (Lipinski definition) is 4. The number of esters is 1. The fraction of sp³-hybridized carbons (Fsp3) is 0.355. The molecule has 0 aromatic heterocycles. The molecule has 1 aliphatic rings. The SMILES string of the molecule is COC(=O)[C@@H](OC(C)(C)C)c1c(-c2ccc(C)cc2)c(C(F)(F)F)c2c(c1C(F)(F)F)CN(C(=O)c1cccc(F)c1)C2.